The van der Waals surface area contributed by atoms with Crippen molar-refractivity contribution in [3.8, 4) is 0 Å². The van der Waals surface area contributed by atoms with Gasteiger partial charge in [-0.2, -0.15) is 0 Å². The van der Waals surface area contributed by atoms with Gasteiger partial charge >= 0.3 is 0 Å². The Morgan fingerprint density at radius 2 is 2.05 bits per heavy atom. The number of aliphatic hydroxyl groups excluding tert-OH is 1. The molecule has 0 spiro atoms. The van der Waals surface area contributed by atoms with E-state index in [1.54, 1.807) is 0 Å². The molecule has 4 N–H and O–H groups in total. The minimum absolute atomic E-state index is 0.0137. The normalized spacial score (nSPS) is 37.1. The van der Waals surface area contributed by atoms with E-state index in [-0.39, 0.29) is 29.4 Å². The van der Waals surface area contributed by atoms with Crippen LogP contribution in [0.25, 0.3) is 0 Å². The third kappa shape index (κ3) is 2.26. The molecule has 0 radical (unpaired) electrons. The molecule has 5 atom stereocenters. The predicted octanol–water partition coefficient (Wildman–Crippen LogP) is 0.0472. The zero-order valence-electron chi connectivity index (χ0n) is 11.0. The van der Waals surface area contributed by atoms with Gasteiger partial charge in [0.25, 0.3) is 0 Å². The van der Waals surface area contributed by atoms with Crippen LogP contribution >= 0.6 is 0 Å². The Hall–Kier alpha value is -1.40. The number of carbonyl (C=O) groups excluding carboxylic acids is 2. The minimum atomic E-state index is -1.69. The van der Waals surface area contributed by atoms with Crippen molar-refractivity contribution in [1.82, 2.24) is 0 Å². The van der Waals surface area contributed by atoms with E-state index in [1.165, 1.54) is 13.8 Å². The lowest BCUT2D eigenvalue weighted by Gasteiger charge is -2.33. The highest BCUT2D eigenvalue weighted by Gasteiger charge is 2.61. The van der Waals surface area contributed by atoms with Gasteiger partial charge in [-0.15, -0.1) is 0 Å². The molecule has 0 aromatic heterocycles. The molecule has 2 aliphatic rings. The summed E-state index contributed by atoms with van der Waals surface area (Å²) in [4.78, 5) is 23.1. The average molecular weight is 269 g/mol. The Kier molecular flexibility index (Phi) is 3.40. The fraction of sp³-hybridized carbons (Fsp3) is 0.692. The average Bonchev–Trinajstić information content (AvgIpc) is 3.05. The van der Waals surface area contributed by atoms with E-state index < -0.39 is 17.5 Å². The molecule has 1 aliphatic carbocycles. The molecule has 1 aliphatic heterocycles. The molecule has 2 fully saturated rings. The van der Waals surface area contributed by atoms with Gasteiger partial charge in [0.15, 0.2) is 11.4 Å². The number of hydrogen-bond acceptors (Lipinski definition) is 5. The van der Waals surface area contributed by atoms with E-state index in [0.29, 0.717) is 6.26 Å². The number of hydrogen-bond donors (Lipinski definition) is 3. The minimum Gasteiger partial charge on any atom is -0.515 e. The summed E-state index contributed by atoms with van der Waals surface area (Å²) in [7, 11) is 0. The summed E-state index contributed by atoms with van der Waals surface area (Å²) in [5, 5.41) is 19.1. The molecule has 2 rings (SSSR count). The number of aliphatic hydroxyl groups is 2. The number of rotatable bonds is 5. The van der Waals surface area contributed by atoms with Gasteiger partial charge in [0, 0.05) is 11.5 Å². The summed E-state index contributed by atoms with van der Waals surface area (Å²) < 4.78 is 5.39. The van der Waals surface area contributed by atoms with E-state index in [4.69, 9.17) is 15.6 Å². The second-order valence-corrected chi connectivity index (χ2v) is 5.56. The van der Waals surface area contributed by atoms with Gasteiger partial charge < -0.3 is 20.7 Å². The molecule has 0 bridgehead atoms. The first-order valence-corrected chi connectivity index (χ1v) is 6.33. The van der Waals surface area contributed by atoms with Crippen molar-refractivity contribution in [2.45, 2.75) is 44.5 Å². The molecule has 1 amide bonds. The smallest absolute Gasteiger partial charge is 0.220 e. The van der Waals surface area contributed by atoms with E-state index in [9.17, 15) is 14.7 Å². The topological polar surface area (TPSA) is 113 Å². The maximum Gasteiger partial charge on any atom is 0.220 e. The van der Waals surface area contributed by atoms with Gasteiger partial charge in [0.2, 0.25) is 5.91 Å². The zero-order valence-corrected chi connectivity index (χ0v) is 11.0. The van der Waals surface area contributed by atoms with E-state index >= 15 is 0 Å². The van der Waals surface area contributed by atoms with Gasteiger partial charge in [-0.25, -0.2) is 0 Å². The van der Waals surface area contributed by atoms with Crippen LogP contribution in [0.3, 0.4) is 0 Å². The third-order valence-electron chi connectivity index (χ3n) is 4.21. The van der Waals surface area contributed by atoms with Crippen LogP contribution in [-0.2, 0) is 14.3 Å². The Labute approximate surface area is 111 Å². The molecule has 6 heteroatoms. The lowest BCUT2D eigenvalue weighted by Crippen LogP contribution is -2.46. The third-order valence-corrected chi connectivity index (χ3v) is 4.21. The predicted molar refractivity (Wildman–Crippen MR) is 66.1 cm³/mol. The number of ether oxygens (including phenoxy) is 1. The first kappa shape index (κ1) is 14.0. The number of nitrogens with two attached hydrogens (primary N) is 1. The largest absolute Gasteiger partial charge is 0.515 e. The number of amides is 1. The van der Waals surface area contributed by atoms with Gasteiger partial charge in [-0.1, -0.05) is 0 Å². The van der Waals surface area contributed by atoms with Crippen molar-refractivity contribution in [1.29, 1.82) is 0 Å². The molecule has 1 saturated carbocycles. The van der Waals surface area contributed by atoms with Crippen LogP contribution in [0.4, 0.5) is 0 Å². The highest BCUT2D eigenvalue weighted by Crippen LogP contribution is 2.48. The van der Waals surface area contributed by atoms with Crippen LogP contribution < -0.4 is 5.73 Å². The zero-order chi connectivity index (χ0) is 14.4. The maximum atomic E-state index is 11.9. The van der Waals surface area contributed by atoms with Crippen molar-refractivity contribution in [2.24, 2.45) is 17.6 Å². The summed E-state index contributed by atoms with van der Waals surface area (Å²) in [6.07, 6.45) is 1.27. The van der Waals surface area contributed by atoms with Crippen LogP contribution in [0, 0.1) is 11.8 Å². The van der Waals surface area contributed by atoms with Gasteiger partial charge in [-0.3, -0.25) is 9.59 Å². The highest BCUT2D eigenvalue weighted by molar-refractivity contribution is 6.01. The second-order valence-electron chi connectivity index (χ2n) is 5.56. The highest BCUT2D eigenvalue weighted by atomic mass is 16.6. The quantitative estimate of drug-likeness (QED) is 0.371. The Morgan fingerprint density at radius 3 is 2.47 bits per heavy atom. The van der Waals surface area contributed by atoms with Crippen LogP contribution in [0.1, 0.15) is 26.7 Å². The molecule has 106 valence electrons. The van der Waals surface area contributed by atoms with E-state index in [2.05, 4.69) is 0 Å². The van der Waals surface area contributed by atoms with Crippen LogP contribution in [0.15, 0.2) is 11.8 Å². The molecule has 6 nitrogen and oxygen atoms in total. The van der Waals surface area contributed by atoms with Crippen LogP contribution in [0.5, 0.6) is 0 Å². The number of epoxide rings is 1. The first-order chi connectivity index (χ1) is 8.80. The summed E-state index contributed by atoms with van der Waals surface area (Å²) in [6.45, 7) is 2.79. The summed E-state index contributed by atoms with van der Waals surface area (Å²) in [6, 6.07) is 0. The molecular weight excluding hydrogens is 250 g/mol. The number of primary amides is 1. The van der Waals surface area contributed by atoms with Crippen LogP contribution in [0.2, 0.25) is 0 Å². The molecular formula is C13H19NO5. The lowest BCUT2D eigenvalue weighted by atomic mass is 9.69. The van der Waals surface area contributed by atoms with Gasteiger partial charge in [0.1, 0.15) is 6.10 Å². The van der Waals surface area contributed by atoms with E-state index in [0.717, 1.165) is 12.8 Å². The van der Waals surface area contributed by atoms with Gasteiger partial charge in [-0.05, 0) is 32.6 Å². The Balaban J connectivity index is 2.02. The first-order valence-electron chi connectivity index (χ1n) is 6.33. The lowest BCUT2D eigenvalue weighted by molar-refractivity contribution is -0.133. The molecule has 4 unspecified atom stereocenters. The van der Waals surface area contributed by atoms with Crippen molar-refractivity contribution in [3.63, 3.8) is 0 Å². The Morgan fingerprint density at radius 1 is 1.42 bits per heavy atom. The molecule has 0 aromatic rings. The number of carbonyl (C=O) groups is 2. The van der Waals surface area contributed by atoms with E-state index in [1.807, 2.05) is 0 Å². The molecule has 0 aromatic carbocycles. The summed E-state index contributed by atoms with van der Waals surface area (Å²) in [5.41, 5.74) is 3.65. The fourth-order valence-electron chi connectivity index (χ4n) is 2.76. The SMILES string of the molecule is CC(=CO)C(=O)[C@](C)(O)C1OC1C1CCC1C(N)=O. The molecule has 19 heavy (non-hydrogen) atoms. The molecule has 1 heterocycles. The van der Waals surface area contributed by atoms with Gasteiger partial charge in [0.05, 0.1) is 12.4 Å². The Bertz CT molecular complexity index is 442. The van der Waals surface area contributed by atoms with Crippen molar-refractivity contribution in [2.75, 3.05) is 0 Å². The second kappa shape index (κ2) is 4.61. The molecule has 1 saturated heterocycles. The number of Topliss-reactive ketones (excluding diaryl/α,β-unsaturated/α-hetero) is 1. The van der Waals surface area contributed by atoms with Crippen LogP contribution in [-0.4, -0.2) is 39.7 Å². The monoisotopic (exact) mass is 269 g/mol. The summed E-state index contributed by atoms with van der Waals surface area (Å²) >= 11 is 0. The van der Waals surface area contributed by atoms with Crippen molar-refractivity contribution in [3.05, 3.63) is 11.8 Å². The summed E-state index contributed by atoms with van der Waals surface area (Å²) in [5.74, 6) is -1.17. The number of ketones is 1. The van der Waals surface area contributed by atoms with Crippen molar-refractivity contribution >= 4 is 11.7 Å². The fourth-order valence-corrected chi connectivity index (χ4v) is 2.76. The maximum absolute atomic E-state index is 11.9. The van der Waals surface area contributed by atoms with Crippen molar-refractivity contribution < 1.29 is 24.5 Å². The standard InChI is InChI=1S/C13H19NO5/c1-6(5-15)10(16)13(2,18)11-9(19-11)7-3-4-8(7)12(14)17/h5,7-9,11,15,18H,3-4H2,1-2H3,(H2,14,17)/t7?,8?,9?,11?,13-/m0/s1.